The smallest absolute Gasteiger partial charge is 0.118 e. The van der Waals surface area contributed by atoms with E-state index in [0.29, 0.717) is 23.2 Å². The van der Waals surface area contributed by atoms with E-state index in [2.05, 4.69) is 53.8 Å². The van der Waals surface area contributed by atoms with Crippen molar-refractivity contribution in [2.45, 2.75) is 37.0 Å². The van der Waals surface area contributed by atoms with Crippen LogP contribution in [-0.2, 0) is 0 Å². The van der Waals surface area contributed by atoms with Crippen LogP contribution in [0.4, 0.5) is 0 Å². The monoisotopic (exact) mass is 319 g/mol. The molecule has 2 aromatic carbocycles. The second-order valence-electron chi connectivity index (χ2n) is 7.90. The van der Waals surface area contributed by atoms with Gasteiger partial charge in [0.05, 0.1) is 7.11 Å². The van der Waals surface area contributed by atoms with Crippen LogP contribution in [0.25, 0.3) is 0 Å². The molecule has 24 heavy (non-hydrogen) atoms. The van der Waals surface area contributed by atoms with E-state index < -0.39 is 0 Å². The number of methoxy groups -OCH3 is 1. The minimum atomic E-state index is 0.502. The molecule has 0 aromatic heterocycles. The fourth-order valence-corrected chi connectivity index (χ4v) is 5.79. The second-order valence-corrected chi connectivity index (χ2v) is 7.90. The van der Waals surface area contributed by atoms with Gasteiger partial charge in [0.1, 0.15) is 5.75 Å². The Bertz CT molecular complexity index is 745. The van der Waals surface area contributed by atoms with Gasteiger partial charge in [-0.2, -0.15) is 0 Å². The van der Waals surface area contributed by atoms with E-state index >= 15 is 0 Å². The minimum absolute atomic E-state index is 0.502. The molecule has 1 heterocycles. The highest BCUT2D eigenvalue weighted by Crippen LogP contribution is 2.65. The van der Waals surface area contributed by atoms with Gasteiger partial charge in [0.15, 0.2) is 0 Å². The van der Waals surface area contributed by atoms with Gasteiger partial charge in [-0.3, -0.25) is 0 Å². The highest BCUT2D eigenvalue weighted by atomic mass is 16.5. The normalized spacial score (nSPS) is 33.6. The van der Waals surface area contributed by atoms with Crippen molar-refractivity contribution in [1.82, 2.24) is 5.32 Å². The summed E-state index contributed by atoms with van der Waals surface area (Å²) in [7, 11) is 1.74. The van der Waals surface area contributed by atoms with Gasteiger partial charge in [0.2, 0.25) is 0 Å². The van der Waals surface area contributed by atoms with Gasteiger partial charge in [-0.25, -0.2) is 0 Å². The molecule has 2 fully saturated rings. The summed E-state index contributed by atoms with van der Waals surface area (Å²) >= 11 is 0. The van der Waals surface area contributed by atoms with Crippen LogP contribution in [0.2, 0.25) is 0 Å². The zero-order valence-corrected chi connectivity index (χ0v) is 14.3. The molecule has 2 nitrogen and oxygen atoms in total. The predicted octanol–water partition coefficient (Wildman–Crippen LogP) is 4.43. The largest absolute Gasteiger partial charge is 0.497 e. The molecule has 2 bridgehead atoms. The van der Waals surface area contributed by atoms with Crippen LogP contribution in [0.15, 0.2) is 48.5 Å². The third-order valence-electron chi connectivity index (χ3n) is 6.93. The highest BCUT2D eigenvalue weighted by molar-refractivity contribution is 5.46. The van der Waals surface area contributed by atoms with E-state index in [9.17, 15) is 0 Å². The van der Waals surface area contributed by atoms with Crippen LogP contribution in [0.1, 0.15) is 53.7 Å². The minimum Gasteiger partial charge on any atom is -0.497 e. The number of ether oxygens (including phenoxy) is 1. The van der Waals surface area contributed by atoms with Crippen molar-refractivity contribution in [3.63, 3.8) is 0 Å². The Balaban J connectivity index is 1.57. The van der Waals surface area contributed by atoms with Crippen LogP contribution in [0.5, 0.6) is 5.75 Å². The zero-order valence-electron chi connectivity index (χ0n) is 14.3. The lowest BCUT2D eigenvalue weighted by molar-refractivity contribution is 0.117. The van der Waals surface area contributed by atoms with E-state index in [1.807, 2.05) is 0 Å². The lowest BCUT2D eigenvalue weighted by atomic mass is 9.49. The standard InChI is InChI=1S/C22H25NO/c1-24-16-8-6-15(7-9-16)19-12-21-18-5-3-2-4-17(18)20(19)13-22(21)10-11-23-14-22/h2-9,19-21,23H,10-14H2,1H3/t19-,20-,21-,22+/m1/s1. The van der Waals surface area contributed by atoms with Crippen molar-refractivity contribution in [2.75, 3.05) is 20.2 Å². The van der Waals surface area contributed by atoms with Crippen molar-refractivity contribution in [2.24, 2.45) is 5.41 Å². The summed E-state index contributed by atoms with van der Waals surface area (Å²) in [4.78, 5) is 0. The Morgan fingerprint density at radius 1 is 1.00 bits per heavy atom. The quantitative estimate of drug-likeness (QED) is 0.884. The molecular weight excluding hydrogens is 294 g/mol. The van der Waals surface area contributed by atoms with Crippen LogP contribution >= 0.6 is 0 Å². The average Bonchev–Trinajstić information content (AvgIpc) is 3.10. The molecule has 1 saturated heterocycles. The van der Waals surface area contributed by atoms with Crippen LogP contribution in [-0.4, -0.2) is 20.2 Å². The van der Waals surface area contributed by atoms with Crippen molar-refractivity contribution in [3.05, 3.63) is 65.2 Å². The number of benzene rings is 2. The maximum atomic E-state index is 5.34. The summed E-state index contributed by atoms with van der Waals surface area (Å²) in [6, 6.07) is 18.1. The first-order valence-corrected chi connectivity index (χ1v) is 9.24. The molecule has 0 amide bonds. The van der Waals surface area contributed by atoms with Gasteiger partial charge in [0.25, 0.3) is 0 Å². The fourth-order valence-electron chi connectivity index (χ4n) is 5.79. The van der Waals surface area contributed by atoms with Crippen LogP contribution in [0.3, 0.4) is 0 Å². The summed E-state index contributed by atoms with van der Waals surface area (Å²) < 4.78 is 5.34. The Morgan fingerprint density at radius 2 is 1.79 bits per heavy atom. The average molecular weight is 319 g/mol. The third kappa shape index (κ3) is 1.99. The Labute approximate surface area is 144 Å². The van der Waals surface area contributed by atoms with E-state index in [-0.39, 0.29) is 0 Å². The van der Waals surface area contributed by atoms with Gasteiger partial charge in [-0.15, -0.1) is 0 Å². The Kier molecular flexibility index (Phi) is 3.24. The lowest BCUT2D eigenvalue weighted by Crippen LogP contribution is -2.44. The summed E-state index contributed by atoms with van der Waals surface area (Å²) in [6.07, 6.45) is 3.99. The summed E-state index contributed by atoms with van der Waals surface area (Å²) in [6.45, 7) is 2.40. The number of nitrogens with one attached hydrogen (secondary N) is 1. The molecule has 1 aliphatic heterocycles. The molecular formula is C22H25NO. The first-order valence-electron chi connectivity index (χ1n) is 9.24. The van der Waals surface area contributed by atoms with Crippen molar-refractivity contribution >= 4 is 0 Å². The summed E-state index contributed by atoms with van der Waals surface area (Å²) in [5.41, 5.74) is 5.25. The van der Waals surface area contributed by atoms with Gasteiger partial charge >= 0.3 is 0 Å². The Hall–Kier alpha value is -1.80. The molecule has 0 radical (unpaired) electrons. The van der Waals surface area contributed by atoms with Crippen LogP contribution < -0.4 is 10.1 Å². The molecule has 2 aromatic rings. The predicted molar refractivity (Wildman–Crippen MR) is 96.8 cm³/mol. The lowest BCUT2D eigenvalue weighted by Gasteiger charge is -2.54. The molecule has 4 aliphatic rings. The molecule has 1 spiro atoms. The van der Waals surface area contributed by atoms with Gasteiger partial charge in [-0.05, 0) is 77.8 Å². The van der Waals surface area contributed by atoms with Gasteiger partial charge in [0, 0.05) is 6.54 Å². The topological polar surface area (TPSA) is 21.3 Å². The molecule has 6 rings (SSSR count). The molecule has 124 valence electrons. The summed E-state index contributed by atoms with van der Waals surface area (Å²) in [5.74, 6) is 2.99. The molecule has 1 N–H and O–H groups in total. The SMILES string of the molecule is COc1ccc([C@H]2C[C@@H]3c4ccccc4[C@H]2C[C@]32CCNC2)cc1. The van der Waals surface area contributed by atoms with E-state index in [4.69, 9.17) is 4.74 Å². The van der Waals surface area contributed by atoms with Crippen molar-refractivity contribution in [1.29, 1.82) is 0 Å². The van der Waals surface area contributed by atoms with E-state index in [0.717, 1.165) is 5.75 Å². The first kappa shape index (κ1) is 14.5. The number of hydrogen-bond donors (Lipinski definition) is 1. The Morgan fingerprint density at radius 3 is 2.50 bits per heavy atom. The highest BCUT2D eigenvalue weighted by Gasteiger charge is 2.54. The second kappa shape index (κ2) is 5.35. The molecule has 3 aliphatic carbocycles. The number of rotatable bonds is 2. The fraction of sp³-hybridized carbons (Fsp3) is 0.455. The number of hydrogen-bond acceptors (Lipinski definition) is 2. The zero-order chi connectivity index (χ0) is 16.1. The third-order valence-corrected chi connectivity index (χ3v) is 6.93. The summed E-state index contributed by atoms with van der Waals surface area (Å²) in [5, 5.41) is 3.65. The molecule has 1 saturated carbocycles. The number of fused-ring (bicyclic) bond motifs is 1. The molecule has 0 unspecified atom stereocenters. The maximum Gasteiger partial charge on any atom is 0.118 e. The molecule has 2 heteroatoms. The van der Waals surface area contributed by atoms with E-state index in [1.165, 1.54) is 37.9 Å². The van der Waals surface area contributed by atoms with Crippen molar-refractivity contribution < 1.29 is 4.74 Å². The van der Waals surface area contributed by atoms with Gasteiger partial charge < -0.3 is 10.1 Å². The van der Waals surface area contributed by atoms with Crippen molar-refractivity contribution in [3.8, 4) is 5.75 Å². The molecule has 4 atom stereocenters. The van der Waals surface area contributed by atoms with Crippen LogP contribution in [0, 0.1) is 5.41 Å². The van der Waals surface area contributed by atoms with E-state index in [1.54, 1.807) is 18.2 Å². The first-order chi connectivity index (χ1) is 11.8. The maximum absolute atomic E-state index is 5.34. The van der Waals surface area contributed by atoms with Gasteiger partial charge in [-0.1, -0.05) is 36.4 Å².